The van der Waals surface area contributed by atoms with Gasteiger partial charge in [0.1, 0.15) is 17.2 Å². The smallest absolute Gasteiger partial charge is 0.252 e. The van der Waals surface area contributed by atoms with Gasteiger partial charge in [-0.2, -0.15) is 0 Å². The number of hydrogen-bond acceptors (Lipinski definition) is 3. The Kier molecular flexibility index (Phi) is 1.84. The molecule has 1 aliphatic rings. The highest BCUT2D eigenvalue weighted by Crippen LogP contribution is 2.10. The van der Waals surface area contributed by atoms with Crippen molar-refractivity contribution >= 4 is 34.1 Å². The Bertz CT molecular complexity index is 535. The molecule has 3 heterocycles. The molecule has 0 N–H and O–H groups in total. The first-order valence-electron chi connectivity index (χ1n) is 4.85. The molecule has 15 heavy (non-hydrogen) atoms. The molecular formula is C8H7B3N4. The van der Waals surface area contributed by atoms with Crippen molar-refractivity contribution in [3.8, 4) is 0 Å². The molecule has 0 unspecified atom stereocenters. The summed E-state index contributed by atoms with van der Waals surface area (Å²) in [7, 11) is 7.35. The topological polar surface area (TPSA) is 32.9 Å². The number of pyridine rings is 1. The molecule has 7 heteroatoms. The molecule has 68 valence electrons. The minimum atomic E-state index is 0.756. The van der Waals surface area contributed by atoms with Gasteiger partial charge >= 0.3 is 0 Å². The molecular weight excluding hydrogens is 185 g/mol. The molecule has 2 aromatic heterocycles. The van der Waals surface area contributed by atoms with E-state index in [9.17, 15) is 0 Å². The normalized spacial score (nSPS) is 14.9. The minimum absolute atomic E-state index is 0.756. The zero-order valence-corrected chi connectivity index (χ0v) is 8.17. The number of hydrogen-bond donors (Lipinski definition) is 0. The Hall–Kier alpha value is -1.65. The number of nitrogens with zero attached hydrogens (tertiary/aromatic N) is 4. The number of rotatable bonds is 1. The molecule has 0 fully saturated rings. The fourth-order valence-corrected chi connectivity index (χ4v) is 1.79. The maximum absolute atomic E-state index is 5.82. The van der Waals surface area contributed by atoms with Crippen molar-refractivity contribution in [1.29, 1.82) is 0 Å². The highest BCUT2D eigenvalue weighted by atomic mass is 15.1. The van der Waals surface area contributed by atoms with Crippen LogP contribution in [-0.4, -0.2) is 42.5 Å². The molecule has 0 saturated heterocycles. The number of imidazole rings is 1. The molecule has 2 aromatic rings. The van der Waals surface area contributed by atoms with Crippen LogP contribution in [0.3, 0.4) is 0 Å². The predicted octanol–water partition coefficient (Wildman–Crippen LogP) is -0.902. The maximum atomic E-state index is 5.82. The molecule has 3 rings (SSSR count). The lowest BCUT2D eigenvalue weighted by Crippen LogP contribution is -2.29. The molecule has 0 aliphatic carbocycles. The molecule has 0 aromatic carbocycles. The van der Waals surface area contributed by atoms with E-state index in [2.05, 4.69) is 9.89 Å². The van der Waals surface area contributed by atoms with E-state index in [1.54, 1.807) is 10.9 Å². The van der Waals surface area contributed by atoms with Crippen molar-refractivity contribution in [1.82, 2.24) is 14.1 Å². The average molecular weight is 192 g/mol. The van der Waals surface area contributed by atoms with Gasteiger partial charge in [-0.05, 0) is 12.1 Å². The summed E-state index contributed by atoms with van der Waals surface area (Å²) in [4.78, 5) is 8.66. The maximum Gasteiger partial charge on any atom is 0.252 e. The molecule has 0 amide bonds. The van der Waals surface area contributed by atoms with Crippen LogP contribution >= 0.6 is 0 Å². The zero-order chi connectivity index (χ0) is 10.3. The van der Waals surface area contributed by atoms with Gasteiger partial charge in [0.25, 0.3) is 7.31 Å². The van der Waals surface area contributed by atoms with E-state index < -0.39 is 0 Å². The minimum Gasteiger partial charge on any atom is -0.461 e. The molecule has 4 nitrogen and oxygen atoms in total. The molecule has 2 radical (unpaired) electrons. The van der Waals surface area contributed by atoms with Crippen molar-refractivity contribution in [2.75, 3.05) is 0 Å². The summed E-state index contributed by atoms with van der Waals surface area (Å²) in [6.07, 6.45) is 3.77. The predicted molar refractivity (Wildman–Crippen MR) is 63.6 cm³/mol. The third-order valence-corrected chi connectivity index (χ3v) is 2.52. The average Bonchev–Trinajstić information content (AvgIpc) is 2.83. The summed E-state index contributed by atoms with van der Waals surface area (Å²) in [6, 6.07) is 5.89. The Labute approximate surface area is 90.0 Å². The van der Waals surface area contributed by atoms with E-state index in [1.807, 2.05) is 28.8 Å². The lowest BCUT2D eigenvalue weighted by atomic mass is 9.56. The van der Waals surface area contributed by atoms with E-state index >= 15 is 0 Å². The van der Waals surface area contributed by atoms with Crippen LogP contribution < -0.4 is 0 Å². The molecule has 0 atom stereocenters. The molecule has 0 bridgehead atoms. The van der Waals surface area contributed by atoms with Gasteiger partial charge in [-0.25, -0.2) is 4.98 Å². The van der Waals surface area contributed by atoms with Gasteiger partial charge in [-0.1, -0.05) is 6.07 Å². The SMILES string of the molecule is [B]N1BBN=C1c1cnc2ccccn12. The van der Waals surface area contributed by atoms with Crippen molar-refractivity contribution in [2.45, 2.75) is 0 Å². The summed E-state index contributed by atoms with van der Waals surface area (Å²) in [6.45, 7) is 0. The summed E-state index contributed by atoms with van der Waals surface area (Å²) >= 11 is 0. The monoisotopic (exact) mass is 192 g/mol. The van der Waals surface area contributed by atoms with Gasteiger partial charge in [0.15, 0.2) is 0 Å². The molecule has 0 saturated carbocycles. The van der Waals surface area contributed by atoms with E-state index in [-0.39, 0.29) is 0 Å². The van der Waals surface area contributed by atoms with Crippen molar-refractivity contribution in [3.05, 3.63) is 36.3 Å². The fraction of sp³-hybridized carbons (Fsp3) is 0. The number of amidine groups is 1. The number of aromatic nitrogens is 2. The number of fused-ring (bicyclic) bond motifs is 1. The zero-order valence-electron chi connectivity index (χ0n) is 8.17. The third kappa shape index (κ3) is 1.27. The fourth-order valence-electron chi connectivity index (χ4n) is 1.79. The Morgan fingerprint density at radius 3 is 3.07 bits per heavy atom. The van der Waals surface area contributed by atoms with Gasteiger partial charge in [0.05, 0.1) is 6.20 Å². The Balaban J connectivity index is 2.19. The summed E-state index contributed by atoms with van der Waals surface area (Å²) in [5.41, 5.74) is 1.86. The third-order valence-electron chi connectivity index (χ3n) is 2.52. The highest BCUT2D eigenvalue weighted by molar-refractivity contribution is 7.03. The first-order valence-corrected chi connectivity index (χ1v) is 4.85. The second-order valence-electron chi connectivity index (χ2n) is 3.47. The largest absolute Gasteiger partial charge is 0.461 e. The first kappa shape index (κ1) is 8.65. The van der Waals surface area contributed by atoms with Crippen molar-refractivity contribution < 1.29 is 0 Å². The van der Waals surface area contributed by atoms with Gasteiger partial charge in [0.2, 0.25) is 15.3 Å². The van der Waals surface area contributed by atoms with E-state index in [0.717, 1.165) is 31.8 Å². The standard InChI is InChI=1S/C8H7B3N4/c9-15-8(13-10-11-15)6-5-12-7-3-1-2-4-14(6)7/h1-5,10-11H. The van der Waals surface area contributed by atoms with Crippen LogP contribution in [0.25, 0.3) is 5.65 Å². The van der Waals surface area contributed by atoms with Crippen LogP contribution in [0.4, 0.5) is 0 Å². The summed E-state index contributed by atoms with van der Waals surface area (Å²) < 4.78 is 3.65. The van der Waals surface area contributed by atoms with Crippen LogP contribution in [0.2, 0.25) is 0 Å². The molecule has 1 aliphatic heterocycles. The van der Waals surface area contributed by atoms with Gasteiger partial charge < -0.3 is 9.63 Å². The van der Waals surface area contributed by atoms with Gasteiger partial charge in [0, 0.05) is 6.20 Å². The van der Waals surface area contributed by atoms with Gasteiger partial charge in [-0.15, -0.1) is 0 Å². The van der Waals surface area contributed by atoms with E-state index in [4.69, 9.17) is 7.98 Å². The van der Waals surface area contributed by atoms with Crippen molar-refractivity contribution in [3.63, 3.8) is 0 Å². The van der Waals surface area contributed by atoms with E-state index in [0.29, 0.717) is 0 Å². The van der Waals surface area contributed by atoms with Crippen LogP contribution in [0.15, 0.2) is 35.5 Å². The van der Waals surface area contributed by atoms with Crippen LogP contribution in [0.5, 0.6) is 0 Å². The van der Waals surface area contributed by atoms with Crippen LogP contribution in [0.1, 0.15) is 5.69 Å². The summed E-state index contributed by atoms with van der Waals surface area (Å²) in [5, 5.41) is 0. The first-order chi connectivity index (χ1) is 7.36. The second kappa shape index (κ2) is 3.19. The van der Waals surface area contributed by atoms with Crippen LogP contribution in [0, 0.1) is 0 Å². The van der Waals surface area contributed by atoms with Crippen LogP contribution in [-0.2, 0) is 0 Å². The lowest BCUT2D eigenvalue weighted by molar-refractivity contribution is 1.04. The summed E-state index contributed by atoms with van der Waals surface area (Å²) in [5.74, 6) is 0.814. The highest BCUT2D eigenvalue weighted by Gasteiger charge is 2.18. The second-order valence-corrected chi connectivity index (χ2v) is 3.47. The lowest BCUT2D eigenvalue weighted by Gasteiger charge is -2.14. The Morgan fingerprint density at radius 2 is 2.27 bits per heavy atom. The van der Waals surface area contributed by atoms with Gasteiger partial charge in [-0.3, -0.25) is 4.40 Å². The van der Waals surface area contributed by atoms with E-state index in [1.165, 1.54) is 0 Å². The van der Waals surface area contributed by atoms with Crippen molar-refractivity contribution in [2.24, 2.45) is 4.90 Å². The molecule has 0 spiro atoms. The Morgan fingerprint density at radius 1 is 1.33 bits per heavy atom. The quantitative estimate of drug-likeness (QED) is 0.548.